The van der Waals surface area contributed by atoms with Gasteiger partial charge < -0.3 is 10.1 Å². The Morgan fingerprint density at radius 1 is 1.29 bits per heavy atom. The van der Waals surface area contributed by atoms with Gasteiger partial charge >= 0.3 is 17.8 Å². The lowest BCUT2D eigenvalue weighted by atomic mass is 10.1. The van der Waals surface area contributed by atoms with Crippen LogP contribution in [0.4, 0.5) is 8.78 Å². The minimum absolute atomic E-state index is 0.109. The van der Waals surface area contributed by atoms with Crippen LogP contribution in [0, 0.1) is 11.8 Å². The molecule has 2 aliphatic rings. The number of nitrogens with one attached hydrogen (secondary N) is 1. The largest absolute Gasteiger partial charge is 0.464 e. The molecule has 6 heteroatoms. The molecule has 0 spiro atoms. The van der Waals surface area contributed by atoms with E-state index in [4.69, 9.17) is 0 Å². The normalized spacial score (nSPS) is 30.4. The molecule has 2 unspecified atom stereocenters. The predicted octanol–water partition coefficient (Wildman–Crippen LogP) is 0.875. The number of carbonyl (C=O) groups is 2. The van der Waals surface area contributed by atoms with Crippen molar-refractivity contribution >= 4 is 11.9 Å². The van der Waals surface area contributed by atoms with Gasteiger partial charge in [0.05, 0.1) is 7.11 Å². The zero-order valence-electron chi connectivity index (χ0n) is 9.28. The Hall–Kier alpha value is -1.46. The van der Waals surface area contributed by atoms with E-state index in [1.54, 1.807) is 0 Å². The summed E-state index contributed by atoms with van der Waals surface area (Å²) in [4.78, 5) is 22.1. The highest BCUT2D eigenvalue weighted by Gasteiger charge is 2.51. The Labute approximate surface area is 97.0 Å². The first-order valence-corrected chi connectivity index (χ1v) is 5.42. The molecule has 17 heavy (non-hydrogen) atoms. The number of carbonyl (C=O) groups excluding carboxylic acids is 2. The Morgan fingerprint density at radius 3 is 2.24 bits per heavy atom. The first kappa shape index (κ1) is 12.0. The number of hydrogen-bond donors (Lipinski definition) is 1. The van der Waals surface area contributed by atoms with Gasteiger partial charge in [0.1, 0.15) is 0 Å². The maximum Gasteiger partial charge on any atom is 0.418 e. The smallest absolute Gasteiger partial charge is 0.418 e. The second-order valence-electron chi connectivity index (χ2n) is 4.36. The van der Waals surface area contributed by atoms with E-state index in [9.17, 15) is 18.4 Å². The standard InChI is InChI=1S/C11H13F2NO3/c1-17-10(16)11(12,13)9(15)14-8-6-2-3-7(8)5-4-6/h2-3,6-8H,4-5H2,1H3,(H,14,15). The fourth-order valence-electron chi connectivity index (χ4n) is 2.46. The quantitative estimate of drug-likeness (QED) is 0.456. The molecule has 2 aliphatic carbocycles. The third-order valence-electron chi connectivity index (χ3n) is 3.39. The molecule has 0 aliphatic heterocycles. The SMILES string of the molecule is COC(=O)C(F)(F)C(=O)NC1C2C=CC1CC2. The van der Waals surface area contributed by atoms with Crippen LogP contribution in [-0.4, -0.2) is 31.0 Å². The molecule has 0 aromatic heterocycles. The van der Waals surface area contributed by atoms with E-state index < -0.39 is 17.8 Å². The third kappa shape index (κ3) is 1.92. The van der Waals surface area contributed by atoms with Gasteiger partial charge in [-0.25, -0.2) is 4.79 Å². The van der Waals surface area contributed by atoms with Crippen molar-refractivity contribution in [2.75, 3.05) is 7.11 Å². The van der Waals surface area contributed by atoms with Crippen molar-refractivity contribution in [3.05, 3.63) is 12.2 Å². The van der Waals surface area contributed by atoms with Gasteiger partial charge in [-0.1, -0.05) is 12.2 Å². The van der Waals surface area contributed by atoms with Crippen molar-refractivity contribution in [3.8, 4) is 0 Å². The molecule has 0 aromatic rings. The Balaban J connectivity index is 2.00. The number of esters is 1. The molecule has 0 saturated heterocycles. The fourth-order valence-corrected chi connectivity index (χ4v) is 2.46. The van der Waals surface area contributed by atoms with E-state index in [2.05, 4.69) is 10.1 Å². The summed E-state index contributed by atoms with van der Waals surface area (Å²) in [5.74, 6) is -7.30. The summed E-state index contributed by atoms with van der Waals surface area (Å²) in [5.41, 5.74) is 0. The Morgan fingerprint density at radius 2 is 1.82 bits per heavy atom. The van der Waals surface area contributed by atoms with E-state index in [1.165, 1.54) is 0 Å². The molecule has 0 aromatic carbocycles. The average molecular weight is 245 g/mol. The monoisotopic (exact) mass is 245 g/mol. The summed E-state index contributed by atoms with van der Waals surface area (Å²) in [6.45, 7) is 0. The average Bonchev–Trinajstić information content (AvgIpc) is 2.87. The number of fused-ring (bicyclic) bond motifs is 2. The lowest BCUT2D eigenvalue weighted by molar-refractivity contribution is -0.175. The van der Waals surface area contributed by atoms with Gasteiger partial charge in [-0.05, 0) is 24.7 Å². The molecule has 2 atom stereocenters. The van der Waals surface area contributed by atoms with Gasteiger partial charge in [-0.3, -0.25) is 4.79 Å². The Bertz CT molecular complexity index is 367. The van der Waals surface area contributed by atoms with Gasteiger partial charge in [0.25, 0.3) is 0 Å². The highest BCUT2D eigenvalue weighted by molar-refractivity contribution is 6.04. The summed E-state index contributed by atoms with van der Waals surface area (Å²) in [6.07, 6.45) is 5.62. The summed E-state index contributed by atoms with van der Waals surface area (Å²) in [6, 6.07) is -0.307. The van der Waals surface area contributed by atoms with Gasteiger partial charge in [-0.2, -0.15) is 8.78 Å². The van der Waals surface area contributed by atoms with Crippen LogP contribution in [0.1, 0.15) is 12.8 Å². The first-order valence-electron chi connectivity index (χ1n) is 5.42. The summed E-state index contributed by atoms with van der Waals surface area (Å²) >= 11 is 0. The number of alkyl halides is 2. The van der Waals surface area contributed by atoms with Crippen LogP contribution in [0.3, 0.4) is 0 Å². The van der Waals surface area contributed by atoms with E-state index in [-0.39, 0.29) is 17.9 Å². The van der Waals surface area contributed by atoms with Crippen LogP contribution in [0.25, 0.3) is 0 Å². The number of ether oxygens (including phenoxy) is 1. The number of amides is 1. The molecule has 0 radical (unpaired) electrons. The van der Waals surface area contributed by atoms with Gasteiger partial charge in [0.15, 0.2) is 0 Å². The minimum atomic E-state index is -4.11. The van der Waals surface area contributed by atoms with Crippen LogP contribution < -0.4 is 5.32 Å². The van der Waals surface area contributed by atoms with Crippen molar-refractivity contribution in [1.82, 2.24) is 5.32 Å². The van der Waals surface area contributed by atoms with Crippen LogP contribution >= 0.6 is 0 Å². The topological polar surface area (TPSA) is 55.4 Å². The van der Waals surface area contributed by atoms with Crippen LogP contribution in [0.2, 0.25) is 0 Å². The molecule has 4 nitrogen and oxygen atoms in total. The Kier molecular flexibility index (Phi) is 2.89. The van der Waals surface area contributed by atoms with Crippen molar-refractivity contribution in [2.24, 2.45) is 11.8 Å². The second-order valence-corrected chi connectivity index (χ2v) is 4.36. The zero-order chi connectivity index (χ0) is 12.6. The zero-order valence-corrected chi connectivity index (χ0v) is 9.28. The first-order chi connectivity index (χ1) is 7.96. The molecule has 2 rings (SSSR count). The predicted molar refractivity (Wildman–Crippen MR) is 54.2 cm³/mol. The van der Waals surface area contributed by atoms with Crippen molar-refractivity contribution < 1.29 is 23.1 Å². The molecular weight excluding hydrogens is 232 g/mol. The number of hydrogen-bond acceptors (Lipinski definition) is 3. The van der Waals surface area contributed by atoms with E-state index in [0.717, 1.165) is 20.0 Å². The number of halogens is 2. The van der Waals surface area contributed by atoms with E-state index >= 15 is 0 Å². The molecule has 1 N–H and O–H groups in total. The molecule has 94 valence electrons. The van der Waals surface area contributed by atoms with Crippen LogP contribution in [0.15, 0.2) is 12.2 Å². The molecule has 2 bridgehead atoms. The van der Waals surface area contributed by atoms with Crippen LogP contribution in [0.5, 0.6) is 0 Å². The summed E-state index contributed by atoms with van der Waals surface area (Å²) in [7, 11) is 0.824. The lowest BCUT2D eigenvalue weighted by Crippen LogP contribution is -2.51. The molecule has 0 heterocycles. The van der Waals surface area contributed by atoms with Crippen molar-refractivity contribution in [2.45, 2.75) is 24.8 Å². The van der Waals surface area contributed by atoms with Crippen molar-refractivity contribution in [1.29, 1.82) is 0 Å². The second kappa shape index (κ2) is 4.09. The lowest BCUT2D eigenvalue weighted by Gasteiger charge is -2.20. The minimum Gasteiger partial charge on any atom is -0.464 e. The maximum atomic E-state index is 13.2. The summed E-state index contributed by atoms with van der Waals surface area (Å²) in [5, 5.41) is 2.24. The molecule has 1 amide bonds. The van der Waals surface area contributed by atoms with Gasteiger partial charge in [-0.15, -0.1) is 0 Å². The highest BCUT2D eigenvalue weighted by Crippen LogP contribution is 2.39. The van der Waals surface area contributed by atoms with E-state index in [1.807, 2.05) is 12.2 Å². The highest BCUT2D eigenvalue weighted by atomic mass is 19.3. The number of rotatable bonds is 3. The van der Waals surface area contributed by atoms with E-state index in [0.29, 0.717) is 0 Å². The summed E-state index contributed by atoms with van der Waals surface area (Å²) < 4.78 is 30.4. The molecule has 1 saturated carbocycles. The van der Waals surface area contributed by atoms with Crippen LogP contribution in [-0.2, 0) is 14.3 Å². The fraction of sp³-hybridized carbons (Fsp3) is 0.636. The van der Waals surface area contributed by atoms with Gasteiger partial charge in [0, 0.05) is 6.04 Å². The maximum absolute atomic E-state index is 13.2. The molecular formula is C11H13F2NO3. The number of methoxy groups -OCH3 is 1. The van der Waals surface area contributed by atoms with Gasteiger partial charge in [0.2, 0.25) is 0 Å². The molecule has 1 fully saturated rings. The third-order valence-corrected chi connectivity index (χ3v) is 3.39. The van der Waals surface area contributed by atoms with Crippen molar-refractivity contribution in [3.63, 3.8) is 0 Å².